The minimum Gasteiger partial charge on any atom is -0.507 e. The average Bonchev–Trinajstić information content (AvgIpc) is 2.52. The maximum Gasteiger partial charge on any atom is 0.189 e. The molecule has 0 unspecified atom stereocenters. The van der Waals surface area contributed by atoms with Gasteiger partial charge in [-0.3, -0.25) is 4.79 Å². The van der Waals surface area contributed by atoms with Crippen LogP contribution in [0.5, 0.6) is 17.2 Å². The molecule has 0 amide bonds. The lowest BCUT2D eigenvalue weighted by Crippen LogP contribution is -1.95. The Morgan fingerprint density at radius 3 is 2.43 bits per heavy atom. The summed E-state index contributed by atoms with van der Waals surface area (Å²) in [5.74, 6) is 0.838. The van der Waals surface area contributed by atoms with Crippen molar-refractivity contribution in [2.75, 3.05) is 14.2 Å². The van der Waals surface area contributed by atoms with Crippen LogP contribution in [0.25, 0.3) is 6.08 Å². The molecule has 4 nitrogen and oxygen atoms in total. The predicted octanol–water partition coefficient (Wildman–Crippen LogP) is 3.31. The van der Waals surface area contributed by atoms with E-state index in [1.54, 1.807) is 19.3 Å². The minimum absolute atomic E-state index is 0.102. The quantitative estimate of drug-likeness (QED) is 0.676. The Morgan fingerprint density at radius 1 is 1.05 bits per heavy atom. The lowest BCUT2D eigenvalue weighted by molar-refractivity contribution is 0.104. The molecule has 0 aliphatic carbocycles. The van der Waals surface area contributed by atoms with Gasteiger partial charge in [0.1, 0.15) is 17.2 Å². The number of hydrogen-bond acceptors (Lipinski definition) is 4. The Balaban J connectivity index is 2.19. The van der Waals surface area contributed by atoms with Crippen LogP contribution in [0, 0.1) is 0 Å². The number of carbonyl (C=O) groups is 1. The van der Waals surface area contributed by atoms with Crippen LogP contribution >= 0.6 is 0 Å². The summed E-state index contributed by atoms with van der Waals surface area (Å²) in [4.78, 5) is 12.1. The van der Waals surface area contributed by atoms with Crippen molar-refractivity contribution < 1.29 is 19.4 Å². The van der Waals surface area contributed by atoms with Crippen molar-refractivity contribution in [3.05, 3.63) is 59.7 Å². The summed E-state index contributed by atoms with van der Waals surface area (Å²) in [7, 11) is 3.09. The monoisotopic (exact) mass is 284 g/mol. The Labute approximate surface area is 123 Å². The third-order valence-electron chi connectivity index (χ3n) is 2.99. The molecule has 2 aromatic carbocycles. The van der Waals surface area contributed by atoms with E-state index in [0.29, 0.717) is 5.75 Å². The Hall–Kier alpha value is -2.75. The van der Waals surface area contributed by atoms with E-state index in [4.69, 9.17) is 9.47 Å². The van der Waals surface area contributed by atoms with Gasteiger partial charge in [0.15, 0.2) is 5.78 Å². The van der Waals surface area contributed by atoms with E-state index in [1.165, 1.54) is 25.3 Å². The average molecular weight is 284 g/mol. The number of aromatic hydroxyl groups is 1. The van der Waals surface area contributed by atoms with Crippen LogP contribution in [-0.4, -0.2) is 25.1 Å². The van der Waals surface area contributed by atoms with E-state index in [0.717, 1.165) is 11.3 Å². The molecule has 0 saturated heterocycles. The number of phenolic OH excluding ortho intramolecular Hbond substituents is 1. The molecule has 0 bridgehead atoms. The van der Waals surface area contributed by atoms with E-state index in [-0.39, 0.29) is 17.1 Å². The molecule has 0 aliphatic rings. The third kappa shape index (κ3) is 3.63. The Morgan fingerprint density at radius 2 is 1.76 bits per heavy atom. The zero-order valence-electron chi connectivity index (χ0n) is 11.9. The number of phenols is 1. The molecule has 0 spiro atoms. The number of ether oxygens (including phenoxy) is 2. The van der Waals surface area contributed by atoms with Crippen LogP contribution in [-0.2, 0) is 0 Å². The van der Waals surface area contributed by atoms with Crippen molar-refractivity contribution in [1.29, 1.82) is 0 Å². The van der Waals surface area contributed by atoms with Crippen molar-refractivity contribution in [1.82, 2.24) is 0 Å². The first-order valence-corrected chi connectivity index (χ1v) is 6.37. The Kier molecular flexibility index (Phi) is 4.61. The normalized spacial score (nSPS) is 10.6. The van der Waals surface area contributed by atoms with Gasteiger partial charge in [0.25, 0.3) is 0 Å². The van der Waals surface area contributed by atoms with Crippen molar-refractivity contribution >= 4 is 11.9 Å². The van der Waals surface area contributed by atoms with Gasteiger partial charge < -0.3 is 14.6 Å². The van der Waals surface area contributed by atoms with Gasteiger partial charge in [-0.05, 0) is 35.9 Å². The molecule has 4 heteroatoms. The van der Waals surface area contributed by atoms with Crippen molar-refractivity contribution in [3.8, 4) is 17.2 Å². The topological polar surface area (TPSA) is 55.8 Å². The number of ketones is 1. The van der Waals surface area contributed by atoms with Gasteiger partial charge in [-0.15, -0.1) is 0 Å². The smallest absolute Gasteiger partial charge is 0.189 e. The highest BCUT2D eigenvalue weighted by atomic mass is 16.5. The first-order chi connectivity index (χ1) is 10.1. The molecule has 0 aliphatic heterocycles. The van der Waals surface area contributed by atoms with Crippen LogP contribution in [0.15, 0.2) is 48.5 Å². The van der Waals surface area contributed by atoms with Crippen LogP contribution in [0.4, 0.5) is 0 Å². The fourth-order valence-corrected chi connectivity index (χ4v) is 1.85. The lowest BCUT2D eigenvalue weighted by atomic mass is 10.1. The van der Waals surface area contributed by atoms with E-state index in [9.17, 15) is 9.90 Å². The van der Waals surface area contributed by atoms with Gasteiger partial charge in [0.2, 0.25) is 0 Å². The fourth-order valence-electron chi connectivity index (χ4n) is 1.85. The highest BCUT2D eigenvalue weighted by Gasteiger charge is 2.09. The number of carbonyl (C=O) groups excluding carboxylic acids is 1. The van der Waals surface area contributed by atoms with Gasteiger partial charge >= 0.3 is 0 Å². The Bertz CT molecular complexity index is 674. The molecule has 0 heterocycles. The zero-order valence-corrected chi connectivity index (χ0v) is 11.9. The summed E-state index contributed by atoms with van der Waals surface area (Å²) in [6.45, 7) is 0. The molecule has 2 aromatic rings. The molecule has 108 valence electrons. The molecule has 0 atom stereocenters. The second-order valence-electron chi connectivity index (χ2n) is 4.36. The summed E-state index contributed by atoms with van der Waals surface area (Å²) in [6, 6.07) is 11.9. The van der Waals surface area contributed by atoms with Crippen LogP contribution in [0.3, 0.4) is 0 Å². The molecule has 0 aromatic heterocycles. The van der Waals surface area contributed by atoms with Gasteiger partial charge in [-0.2, -0.15) is 0 Å². The summed E-state index contributed by atoms with van der Waals surface area (Å²) >= 11 is 0. The second-order valence-corrected chi connectivity index (χ2v) is 4.36. The molecule has 0 radical (unpaired) electrons. The highest BCUT2D eigenvalue weighted by Crippen LogP contribution is 2.24. The third-order valence-corrected chi connectivity index (χ3v) is 2.99. The molecule has 0 fully saturated rings. The fraction of sp³-hybridized carbons (Fsp3) is 0.118. The van der Waals surface area contributed by atoms with E-state index < -0.39 is 0 Å². The molecule has 21 heavy (non-hydrogen) atoms. The van der Waals surface area contributed by atoms with E-state index >= 15 is 0 Å². The first-order valence-electron chi connectivity index (χ1n) is 6.37. The van der Waals surface area contributed by atoms with Gasteiger partial charge in [0.05, 0.1) is 19.8 Å². The minimum atomic E-state index is -0.280. The second kappa shape index (κ2) is 6.61. The molecule has 2 rings (SSSR count). The summed E-state index contributed by atoms with van der Waals surface area (Å²) in [6.07, 6.45) is 3.09. The maximum atomic E-state index is 12.1. The van der Waals surface area contributed by atoms with Crippen molar-refractivity contribution in [2.24, 2.45) is 0 Å². The van der Waals surface area contributed by atoms with Crippen molar-refractivity contribution in [3.63, 3.8) is 0 Å². The summed E-state index contributed by atoms with van der Waals surface area (Å²) < 4.78 is 10.1. The largest absolute Gasteiger partial charge is 0.507 e. The molecule has 1 N–H and O–H groups in total. The van der Waals surface area contributed by atoms with E-state index in [2.05, 4.69) is 0 Å². The summed E-state index contributed by atoms with van der Waals surface area (Å²) in [5, 5.41) is 9.82. The van der Waals surface area contributed by atoms with Gasteiger partial charge in [-0.25, -0.2) is 0 Å². The number of methoxy groups -OCH3 is 2. The number of hydrogen-bond donors (Lipinski definition) is 1. The molecule has 0 saturated carbocycles. The van der Waals surface area contributed by atoms with Crippen LogP contribution < -0.4 is 9.47 Å². The molecular weight excluding hydrogens is 268 g/mol. The van der Waals surface area contributed by atoms with Gasteiger partial charge in [0, 0.05) is 6.07 Å². The van der Waals surface area contributed by atoms with Crippen LogP contribution in [0.2, 0.25) is 0 Å². The standard InChI is InChI=1S/C17H16O4/c1-20-13-5-3-4-12(10-13)6-9-16(18)15-8-7-14(21-2)11-17(15)19/h3-11,19H,1-2H3. The maximum absolute atomic E-state index is 12.1. The number of benzene rings is 2. The first kappa shape index (κ1) is 14.7. The summed E-state index contributed by atoms with van der Waals surface area (Å²) in [5.41, 5.74) is 1.07. The predicted molar refractivity (Wildman–Crippen MR) is 81.0 cm³/mol. The van der Waals surface area contributed by atoms with Crippen molar-refractivity contribution in [2.45, 2.75) is 0 Å². The van der Waals surface area contributed by atoms with E-state index in [1.807, 2.05) is 24.3 Å². The van der Waals surface area contributed by atoms with Crippen LogP contribution in [0.1, 0.15) is 15.9 Å². The number of allylic oxidation sites excluding steroid dienone is 1. The highest BCUT2D eigenvalue weighted by molar-refractivity contribution is 6.08. The SMILES string of the molecule is COc1cccc(C=CC(=O)c2ccc(OC)cc2O)c1. The molecular formula is C17H16O4. The lowest BCUT2D eigenvalue weighted by Gasteiger charge is -2.04. The zero-order chi connectivity index (χ0) is 15.2. The number of rotatable bonds is 5. The van der Waals surface area contributed by atoms with Gasteiger partial charge in [-0.1, -0.05) is 18.2 Å².